The third-order valence-corrected chi connectivity index (χ3v) is 4.27. The fourth-order valence-corrected chi connectivity index (χ4v) is 2.58. The van der Waals surface area contributed by atoms with Gasteiger partial charge in [0.15, 0.2) is 0 Å². The highest BCUT2D eigenvalue weighted by Gasteiger charge is 2.31. The van der Waals surface area contributed by atoms with Crippen molar-refractivity contribution >= 4 is 5.91 Å². The number of nitrogens with one attached hydrogen (secondary N) is 1. The molecule has 1 rings (SSSR count). The van der Waals surface area contributed by atoms with E-state index in [1.807, 2.05) is 20.8 Å². The molecule has 4 nitrogen and oxygen atoms in total. The smallest absolute Gasteiger partial charge is 0.237 e. The number of rotatable bonds is 6. The minimum Gasteiger partial charge on any atom is -0.350 e. The van der Waals surface area contributed by atoms with Crippen LogP contribution in [0.25, 0.3) is 0 Å². The molecule has 1 atom stereocenters. The van der Waals surface area contributed by atoms with Crippen molar-refractivity contribution in [3.63, 3.8) is 0 Å². The molecular formula is C15H27N3O. The lowest BCUT2D eigenvalue weighted by Crippen LogP contribution is -2.54. The standard InChI is InChI=1S/C15H27N3O/c1-5-15(3,4)17-14(19)12(2)18(11-10-16)13-8-6-7-9-13/h12-13H,5-9,11H2,1-4H3,(H,17,19). The highest BCUT2D eigenvalue weighted by molar-refractivity contribution is 5.82. The Labute approximate surface area is 117 Å². The predicted molar refractivity (Wildman–Crippen MR) is 76.5 cm³/mol. The van der Waals surface area contributed by atoms with E-state index in [1.54, 1.807) is 0 Å². The molecule has 1 aliphatic carbocycles. The van der Waals surface area contributed by atoms with Gasteiger partial charge in [0.05, 0.1) is 18.7 Å². The van der Waals surface area contributed by atoms with Gasteiger partial charge in [-0.1, -0.05) is 19.8 Å². The van der Waals surface area contributed by atoms with Crippen LogP contribution in [0.3, 0.4) is 0 Å². The van der Waals surface area contributed by atoms with E-state index < -0.39 is 0 Å². The maximum absolute atomic E-state index is 12.3. The second kappa shape index (κ2) is 6.91. The van der Waals surface area contributed by atoms with Crippen molar-refractivity contribution in [3.8, 4) is 6.07 Å². The molecule has 4 heteroatoms. The van der Waals surface area contributed by atoms with Gasteiger partial charge in [-0.25, -0.2) is 0 Å². The minimum absolute atomic E-state index is 0.0361. The molecule has 1 amide bonds. The summed E-state index contributed by atoms with van der Waals surface area (Å²) in [6, 6.07) is 2.37. The van der Waals surface area contributed by atoms with Crippen LogP contribution < -0.4 is 5.32 Å². The SMILES string of the molecule is CCC(C)(C)NC(=O)C(C)N(CC#N)C1CCCC1. The summed E-state index contributed by atoms with van der Waals surface area (Å²) in [6.45, 7) is 8.38. The van der Waals surface area contributed by atoms with Gasteiger partial charge in [0.25, 0.3) is 0 Å². The van der Waals surface area contributed by atoms with Crippen LogP contribution in [-0.2, 0) is 4.79 Å². The summed E-state index contributed by atoms with van der Waals surface area (Å²) in [7, 11) is 0. The molecule has 0 saturated heterocycles. The van der Waals surface area contributed by atoms with Crippen LogP contribution in [-0.4, -0.2) is 35.0 Å². The minimum atomic E-state index is -0.228. The van der Waals surface area contributed by atoms with E-state index in [0.717, 1.165) is 19.3 Å². The molecule has 1 fully saturated rings. The van der Waals surface area contributed by atoms with E-state index in [4.69, 9.17) is 5.26 Å². The first-order valence-electron chi connectivity index (χ1n) is 7.36. The maximum atomic E-state index is 12.3. The van der Waals surface area contributed by atoms with Crippen LogP contribution in [0.2, 0.25) is 0 Å². The zero-order chi connectivity index (χ0) is 14.5. The highest BCUT2D eigenvalue weighted by Crippen LogP contribution is 2.25. The summed E-state index contributed by atoms with van der Waals surface area (Å²) in [5, 5.41) is 12.1. The van der Waals surface area contributed by atoms with Gasteiger partial charge in [-0.05, 0) is 40.0 Å². The average Bonchev–Trinajstić information content (AvgIpc) is 2.88. The lowest BCUT2D eigenvalue weighted by Gasteiger charge is -2.34. The van der Waals surface area contributed by atoms with Crippen molar-refractivity contribution in [1.29, 1.82) is 5.26 Å². The first-order valence-corrected chi connectivity index (χ1v) is 7.36. The van der Waals surface area contributed by atoms with E-state index in [1.165, 1.54) is 12.8 Å². The normalized spacial score (nSPS) is 18.3. The molecule has 0 radical (unpaired) electrons. The Kier molecular flexibility index (Phi) is 5.81. The summed E-state index contributed by atoms with van der Waals surface area (Å²) in [5.41, 5.74) is -0.181. The molecule has 1 aliphatic rings. The average molecular weight is 265 g/mol. The molecule has 0 aromatic heterocycles. The Morgan fingerprint density at radius 1 is 1.47 bits per heavy atom. The monoisotopic (exact) mass is 265 g/mol. The molecule has 0 spiro atoms. The van der Waals surface area contributed by atoms with Crippen LogP contribution in [0.15, 0.2) is 0 Å². The third kappa shape index (κ3) is 4.50. The van der Waals surface area contributed by atoms with Gasteiger partial charge in [0.1, 0.15) is 0 Å². The number of amides is 1. The fourth-order valence-electron chi connectivity index (χ4n) is 2.58. The second-order valence-corrected chi connectivity index (χ2v) is 6.17. The Morgan fingerprint density at radius 3 is 2.53 bits per heavy atom. The first-order chi connectivity index (χ1) is 8.91. The molecule has 0 bridgehead atoms. The number of nitriles is 1. The van der Waals surface area contributed by atoms with Gasteiger partial charge in [-0.15, -0.1) is 0 Å². The van der Waals surface area contributed by atoms with Crippen molar-refractivity contribution in [2.45, 2.75) is 77.4 Å². The molecule has 108 valence electrons. The molecule has 1 saturated carbocycles. The van der Waals surface area contributed by atoms with E-state index in [0.29, 0.717) is 12.6 Å². The first kappa shape index (κ1) is 16.0. The summed E-state index contributed by atoms with van der Waals surface area (Å²) in [5.74, 6) is 0.0361. The zero-order valence-corrected chi connectivity index (χ0v) is 12.7. The van der Waals surface area contributed by atoms with Crippen molar-refractivity contribution in [2.24, 2.45) is 0 Å². The Morgan fingerprint density at radius 2 is 2.05 bits per heavy atom. The van der Waals surface area contributed by atoms with Gasteiger partial charge in [0, 0.05) is 11.6 Å². The fraction of sp³-hybridized carbons (Fsp3) is 0.867. The molecule has 1 unspecified atom stereocenters. The lowest BCUT2D eigenvalue weighted by atomic mass is 10.0. The van der Waals surface area contributed by atoms with Crippen molar-refractivity contribution in [1.82, 2.24) is 10.2 Å². The van der Waals surface area contributed by atoms with Gasteiger partial charge in [0.2, 0.25) is 5.91 Å². The van der Waals surface area contributed by atoms with Crippen LogP contribution in [0, 0.1) is 11.3 Å². The molecule has 0 aromatic carbocycles. The van der Waals surface area contributed by atoms with Gasteiger partial charge in [-0.3, -0.25) is 9.69 Å². The highest BCUT2D eigenvalue weighted by atomic mass is 16.2. The number of carbonyl (C=O) groups excluding carboxylic acids is 1. The predicted octanol–water partition coefficient (Wildman–Crippen LogP) is 2.45. The molecule has 0 aromatic rings. The maximum Gasteiger partial charge on any atom is 0.237 e. The molecule has 1 N–H and O–H groups in total. The third-order valence-electron chi connectivity index (χ3n) is 4.27. The molecule has 0 heterocycles. The summed E-state index contributed by atoms with van der Waals surface area (Å²) in [6.07, 6.45) is 5.53. The summed E-state index contributed by atoms with van der Waals surface area (Å²) in [4.78, 5) is 14.4. The Bertz CT molecular complexity index is 340. The van der Waals surface area contributed by atoms with Crippen LogP contribution in [0.5, 0.6) is 0 Å². The van der Waals surface area contributed by atoms with Gasteiger partial charge in [-0.2, -0.15) is 5.26 Å². The van der Waals surface area contributed by atoms with Gasteiger partial charge >= 0.3 is 0 Å². The number of nitrogens with zero attached hydrogens (tertiary/aromatic N) is 2. The van der Waals surface area contributed by atoms with Crippen molar-refractivity contribution in [3.05, 3.63) is 0 Å². The second-order valence-electron chi connectivity index (χ2n) is 6.17. The number of carbonyl (C=O) groups is 1. The van der Waals surface area contributed by atoms with E-state index in [9.17, 15) is 4.79 Å². The Balaban J connectivity index is 2.68. The summed E-state index contributed by atoms with van der Waals surface area (Å²) < 4.78 is 0. The zero-order valence-electron chi connectivity index (χ0n) is 12.7. The summed E-state index contributed by atoms with van der Waals surface area (Å²) >= 11 is 0. The van der Waals surface area contributed by atoms with Gasteiger partial charge < -0.3 is 5.32 Å². The number of hydrogen-bond acceptors (Lipinski definition) is 3. The van der Waals surface area contributed by atoms with E-state index in [-0.39, 0.29) is 17.5 Å². The largest absolute Gasteiger partial charge is 0.350 e. The number of hydrogen-bond donors (Lipinski definition) is 1. The quantitative estimate of drug-likeness (QED) is 0.750. The topological polar surface area (TPSA) is 56.1 Å². The Hall–Kier alpha value is -1.08. The lowest BCUT2D eigenvalue weighted by molar-refractivity contribution is -0.128. The van der Waals surface area contributed by atoms with Crippen LogP contribution in [0.4, 0.5) is 0 Å². The van der Waals surface area contributed by atoms with Crippen LogP contribution in [0.1, 0.15) is 59.8 Å². The molecular weight excluding hydrogens is 238 g/mol. The van der Waals surface area contributed by atoms with E-state index in [2.05, 4.69) is 23.2 Å². The molecule has 19 heavy (non-hydrogen) atoms. The van der Waals surface area contributed by atoms with Crippen LogP contribution >= 0.6 is 0 Å². The molecule has 0 aliphatic heterocycles. The van der Waals surface area contributed by atoms with Crippen molar-refractivity contribution < 1.29 is 4.79 Å². The van der Waals surface area contributed by atoms with E-state index >= 15 is 0 Å². The van der Waals surface area contributed by atoms with Crippen molar-refractivity contribution in [2.75, 3.05) is 6.54 Å².